The van der Waals surface area contributed by atoms with E-state index in [2.05, 4.69) is 5.32 Å². The lowest BCUT2D eigenvalue weighted by Crippen LogP contribution is -2.70. The van der Waals surface area contributed by atoms with Crippen LogP contribution in [-0.4, -0.2) is 110 Å². The molecule has 16 heteroatoms. The molecule has 0 radical (unpaired) electrons. The molecule has 16 nitrogen and oxygen atoms in total. The van der Waals surface area contributed by atoms with Crippen molar-refractivity contribution in [3.8, 4) is 5.75 Å². The second-order valence-corrected chi connectivity index (χ2v) is 9.88. The summed E-state index contributed by atoms with van der Waals surface area (Å²) in [6.45, 7) is 3.16. The summed E-state index contributed by atoms with van der Waals surface area (Å²) < 4.78 is 22.3. The number of carboxylic acids is 1. The van der Waals surface area contributed by atoms with E-state index in [-0.39, 0.29) is 11.4 Å². The van der Waals surface area contributed by atoms with E-state index >= 15 is 0 Å². The Kier molecular flexibility index (Phi) is 10.0. The van der Waals surface area contributed by atoms with Gasteiger partial charge in [-0.3, -0.25) is 14.9 Å². The fourth-order valence-electron chi connectivity index (χ4n) is 4.71. The fraction of sp³-hybridized carbons (Fsp3) is 0.667. The van der Waals surface area contributed by atoms with Gasteiger partial charge in [0, 0.05) is 31.4 Å². The number of aliphatic carboxylic acids is 1. The number of nitrogens with zero attached hydrogens (tertiary/aromatic N) is 1. The van der Waals surface area contributed by atoms with Crippen LogP contribution in [0.15, 0.2) is 24.3 Å². The number of ether oxygens (including phenoxy) is 4. The van der Waals surface area contributed by atoms with Crippen LogP contribution in [0.3, 0.4) is 0 Å². The molecule has 0 spiro atoms. The van der Waals surface area contributed by atoms with Crippen molar-refractivity contribution < 1.29 is 64.1 Å². The Hall–Kier alpha value is -2.96. The van der Waals surface area contributed by atoms with Gasteiger partial charge in [-0.25, -0.2) is 0 Å². The largest absolute Gasteiger partial charge is 0.544 e. The molecule has 2 aliphatic rings. The number of nitro benzene ring substituents is 1. The molecule has 3 unspecified atom stereocenters. The van der Waals surface area contributed by atoms with Crippen molar-refractivity contribution >= 4 is 17.6 Å². The molecule has 2 fully saturated rings. The van der Waals surface area contributed by atoms with Gasteiger partial charge in [-0.15, -0.1) is 0 Å². The number of carbonyl (C=O) groups is 2. The smallest absolute Gasteiger partial charge is 0.269 e. The molecular weight excluding hydrogens is 540 g/mol. The number of carboxylic acid groups (broad SMARTS) is 1. The van der Waals surface area contributed by atoms with E-state index in [0.717, 1.165) is 19.1 Å². The number of nitrogens with one attached hydrogen (secondary N) is 1. The Bertz CT molecular complexity index is 1050. The van der Waals surface area contributed by atoms with Gasteiger partial charge in [-0.1, -0.05) is 6.92 Å². The van der Waals surface area contributed by atoms with E-state index < -0.39 is 96.6 Å². The summed E-state index contributed by atoms with van der Waals surface area (Å²) in [6, 6.07) is 3.45. The van der Waals surface area contributed by atoms with E-state index in [1.165, 1.54) is 26.0 Å². The summed E-state index contributed by atoms with van der Waals surface area (Å²) in [7, 11) is 0. The van der Waals surface area contributed by atoms with Crippen molar-refractivity contribution in [2.24, 2.45) is 5.92 Å². The lowest BCUT2D eigenvalue weighted by Gasteiger charge is -2.52. The van der Waals surface area contributed by atoms with Crippen LogP contribution in [0.25, 0.3) is 0 Å². The van der Waals surface area contributed by atoms with Crippen LogP contribution in [0, 0.1) is 16.0 Å². The van der Waals surface area contributed by atoms with E-state index in [0.29, 0.717) is 0 Å². The number of non-ortho nitro benzene ring substituents is 1. The molecule has 2 saturated heterocycles. The number of rotatable bonds is 10. The lowest BCUT2D eigenvalue weighted by molar-refractivity contribution is -0.404. The molecule has 0 aromatic heterocycles. The minimum Gasteiger partial charge on any atom is -0.544 e. The Morgan fingerprint density at radius 1 is 1.23 bits per heavy atom. The van der Waals surface area contributed by atoms with E-state index in [1.54, 1.807) is 0 Å². The first-order chi connectivity index (χ1) is 18.7. The van der Waals surface area contributed by atoms with Gasteiger partial charge in [-0.2, -0.15) is 0 Å². The standard InChI is InChI=1S/C24H34N2O14/c1-10-15(30)8-24(23(33)34,39-20(10)17(11(2)28)25-12(3)29)40-21-18(31)16(9-27)38-22(19(21)32)37-14-6-4-13(5-7-14)26(35)36/h4-7,10-11,15-22,27-28,30-32H,8-9H2,1-3H3,(H,25,29)(H,33,34)/p-1/t10-,11-,15-,16?,17-,18+,19?,20?,21+,22-,24+/m1/s1. The van der Waals surface area contributed by atoms with E-state index in [1.807, 2.05) is 0 Å². The Morgan fingerprint density at radius 3 is 2.35 bits per heavy atom. The summed E-state index contributed by atoms with van der Waals surface area (Å²) in [4.78, 5) is 34.4. The van der Waals surface area contributed by atoms with Crippen molar-refractivity contribution in [1.29, 1.82) is 0 Å². The number of nitro groups is 1. The summed E-state index contributed by atoms with van der Waals surface area (Å²) in [5, 5.41) is 78.3. The Balaban J connectivity index is 1.92. The van der Waals surface area contributed by atoms with Crippen LogP contribution < -0.4 is 15.2 Å². The normalized spacial score (nSPS) is 35.8. The van der Waals surface area contributed by atoms with Gasteiger partial charge in [0.25, 0.3) is 5.69 Å². The predicted molar refractivity (Wildman–Crippen MR) is 128 cm³/mol. The van der Waals surface area contributed by atoms with Gasteiger partial charge in [0.15, 0.2) is 0 Å². The lowest BCUT2D eigenvalue weighted by atomic mass is 9.83. The second kappa shape index (κ2) is 12.7. The minimum absolute atomic E-state index is 0.00981. The van der Waals surface area contributed by atoms with Crippen LogP contribution in [0.1, 0.15) is 27.2 Å². The predicted octanol–water partition coefficient (Wildman–Crippen LogP) is -3.08. The zero-order chi connectivity index (χ0) is 29.9. The molecule has 2 heterocycles. The number of hydrogen-bond acceptors (Lipinski definition) is 14. The first-order valence-electron chi connectivity index (χ1n) is 12.4. The summed E-state index contributed by atoms with van der Waals surface area (Å²) in [6.07, 6.45) is -13.5. The molecule has 40 heavy (non-hydrogen) atoms. The monoisotopic (exact) mass is 573 g/mol. The van der Waals surface area contributed by atoms with E-state index in [9.17, 15) is 50.3 Å². The molecule has 2 aliphatic heterocycles. The maximum Gasteiger partial charge on any atom is 0.269 e. The van der Waals surface area contributed by atoms with Gasteiger partial charge in [0.1, 0.15) is 36.1 Å². The van der Waals surface area contributed by atoms with Crippen LogP contribution in [0.2, 0.25) is 0 Å². The summed E-state index contributed by atoms with van der Waals surface area (Å²) in [5.41, 5.74) is -0.246. The van der Waals surface area contributed by atoms with Crippen LogP contribution in [0.4, 0.5) is 5.69 Å². The highest BCUT2D eigenvalue weighted by molar-refractivity contribution is 5.74. The molecule has 1 aromatic rings. The number of benzene rings is 1. The summed E-state index contributed by atoms with van der Waals surface area (Å²) in [5.74, 6) is -6.20. The molecule has 1 aromatic carbocycles. The SMILES string of the molecule is CC(=O)N[C@@H](C1O[C@@](O[C@@H]2C(O)[C@H](Oc3ccc([N+](=O)[O-])cc3)OC(CO)[C@@H]2O)(C(=O)[O-])C[C@@H](O)[C@H]1C)[C@@H](C)O. The zero-order valence-corrected chi connectivity index (χ0v) is 21.9. The minimum atomic E-state index is -2.80. The number of hydrogen-bond donors (Lipinski definition) is 6. The molecule has 224 valence electrons. The van der Waals surface area contributed by atoms with Gasteiger partial charge < -0.3 is 59.7 Å². The van der Waals surface area contributed by atoms with Gasteiger partial charge >= 0.3 is 0 Å². The first kappa shape index (κ1) is 31.6. The molecule has 11 atom stereocenters. The number of aliphatic hydroxyl groups excluding tert-OH is 5. The average molecular weight is 574 g/mol. The maximum absolute atomic E-state index is 12.4. The molecule has 3 rings (SSSR count). The van der Waals surface area contributed by atoms with Crippen molar-refractivity contribution in [2.45, 2.75) is 88.0 Å². The fourth-order valence-corrected chi connectivity index (χ4v) is 4.71. The Labute approximate surface area is 228 Å². The maximum atomic E-state index is 12.4. The van der Waals surface area contributed by atoms with Crippen molar-refractivity contribution in [3.63, 3.8) is 0 Å². The zero-order valence-electron chi connectivity index (χ0n) is 21.9. The highest BCUT2D eigenvalue weighted by Crippen LogP contribution is 2.39. The third-order valence-corrected chi connectivity index (χ3v) is 6.93. The third-order valence-electron chi connectivity index (χ3n) is 6.93. The molecule has 0 saturated carbocycles. The quantitative estimate of drug-likeness (QED) is 0.120. The van der Waals surface area contributed by atoms with Crippen molar-refractivity contribution in [3.05, 3.63) is 34.4 Å². The molecule has 6 N–H and O–H groups in total. The van der Waals surface area contributed by atoms with Gasteiger partial charge in [0.2, 0.25) is 18.0 Å². The van der Waals surface area contributed by atoms with Crippen LogP contribution >= 0.6 is 0 Å². The number of carbonyl (C=O) groups excluding carboxylic acids is 2. The topological polar surface area (TPSA) is 250 Å². The molecular formula is C24H33N2O14-. The second-order valence-electron chi connectivity index (χ2n) is 9.88. The third kappa shape index (κ3) is 6.67. The van der Waals surface area contributed by atoms with Gasteiger partial charge in [-0.05, 0) is 19.1 Å². The first-order valence-corrected chi connectivity index (χ1v) is 12.4. The number of amides is 1. The molecule has 0 aliphatic carbocycles. The highest BCUT2D eigenvalue weighted by Gasteiger charge is 2.55. The van der Waals surface area contributed by atoms with Crippen molar-refractivity contribution in [2.75, 3.05) is 6.61 Å². The number of aliphatic hydroxyl groups is 5. The Morgan fingerprint density at radius 2 is 1.85 bits per heavy atom. The van der Waals surface area contributed by atoms with Gasteiger partial charge in [0.05, 0.1) is 35.9 Å². The van der Waals surface area contributed by atoms with Crippen LogP contribution in [0.5, 0.6) is 5.75 Å². The summed E-state index contributed by atoms with van der Waals surface area (Å²) >= 11 is 0. The molecule has 0 bridgehead atoms. The van der Waals surface area contributed by atoms with Crippen molar-refractivity contribution in [1.82, 2.24) is 5.32 Å². The van der Waals surface area contributed by atoms with Crippen LogP contribution in [-0.2, 0) is 23.8 Å². The highest BCUT2D eigenvalue weighted by atomic mass is 16.7. The van der Waals surface area contributed by atoms with E-state index in [4.69, 9.17) is 18.9 Å². The molecule has 1 amide bonds. The average Bonchev–Trinajstić information content (AvgIpc) is 2.88.